The summed E-state index contributed by atoms with van der Waals surface area (Å²) in [6.07, 6.45) is 7.11. The second-order valence-electron chi connectivity index (χ2n) is 4.83. The van der Waals surface area contributed by atoms with Crippen LogP contribution in [0.2, 0.25) is 0 Å². The molecule has 102 valence electrons. The Morgan fingerprint density at radius 2 is 2.37 bits per heavy atom. The van der Waals surface area contributed by atoms with Crippen LogP contribution in [0.4, 0.5) is 0 Å². The number of benzene rings is 1. The number of ether oxygens (including phenoxy) is 1. The standard InChI is InChI=1S/C16H21NO2/c1-2-19-15-9-5-8-14(10-15)12-17-16(18)11-13-6-3-4-7-13/h3,5-6,8-10,13H,2,4,7,11-12H2,1H3,(H,17,18)/t13-/m1/s1. The first-order chi connectivity index (χ1) is 9.28. The number of allylic oxidation sites excluding steroid dienone is 2. The van der Waals surface area contributed by atoms with Crippen LogP contribution in [0.25, 0.3) is 0 Å². The molecule has 1 N–H and O–H groups in total. The predicted molar refractivity (Wildman–Crippen MR) is 75.9 cm³/mol. The third kappa shape index (κ3) is 4.43. The Hall–Kier alpha value is -1.77. The fourth-order valence-corrected chi connectivity index (χ4v) is 2.29. The highest BCUT2D eigenvalue weighted by Crippen LogP contribution is 2.20. The Bertz CT molecular complexity index is 454. The first-order valence-electron chi connectivity index (χ1n) is 6.93. The normalized spacial score (nSPS) is 17.4. The number of rotatable bonds is 6. The van der Waals surface area contributed by atoms with E-state index in [1.807, 2.05) is 31.2 Å². The Morgan fingerprint density at radius 3 is 3.11 bits per heavy atom. The number of carbonyl (C=O) groups is 1. The Morgan fingerprint density at radius 1 is 1.47 bits per heavy atom. The topological polar surface area (TPSA) is 38.3 Å². The molecule has 0 bridgehead atoms. The molecule has 19 heavy (non-hydrogen) atoms. The fraction of sp³-hybridized carbons (Fsp3) is 0.438. The van der Waals surface area contributed by atoms with Gasteiger partial charge in [-0.3, -0.25) is 4.79 Å². The van der Waals surface area contributed by atoms with Gasteiger partial charge < -0.3 is 10.1 Å². The molecule has 3 heteroatoms. The zero-order valence-electron chi connectivity index (χ0n) is 11.4. The summed E-state index contributed by atoms with van der Waals surface area (Å²) in [6.45, 7) is 3.18. The summed E-state index contributed by atoms with van der Waals surface area (Å²) in [4.78, 5) is 11.8. The minimum Gasteiger partial charge on any atom is -0.494 e. The van der Waals surface area contributed by atoms with Gasteiger partial charge >= 0.3 is 0 Å². The van der Waals surface area contributed by atoms with E-state index in [0.29, 0.717) is 25.5 Å². The number of nitrogens with one attached hydrogen (secondary N) is 1. The summed E-state index contributed by atoms with van der Waals surface area (Å²) < 4.78 is 5.44. The zero-order valence-corrected chi connectivity index (χ0v) is 11.4. The quantitative estimate of drug-likeness (QED) is 0.797. The first kappa shape index (κ1) is 13.7. The Balaban J connectivity index is 1.79. The van der Waals surface area contributed by atoms with Gasteiger partial charge in [0.15, 0.2) is 0 Å². The Kier molecular flexibility index (Phi) is 5.01. The SMILES string of the molecule is CCOc1cccc(CNC(=O)C[C@@H]2C=CCC2)c1. The molecule has 0 heterocycles. The van der Waals surface area contributed by atoms with Gasteiger partial charge in [0.05, 0.1) is 6.61 Å². The lowest BCUT2D eigenvalue weighted by molar-refractivity contribution is -0.121. The molecule has 0 aliphatic heterocycles. The predicted octanol–water partition coefficient (Wildman–Crippen LogP) is 3.06. The van der Waals surface area contributed by atoms with Gasteiger partial charge in [-0.05, 0) is 43.4 Å². The molecule has 0 saturated carbocycles. The van der Waals surface area contributed by atoms with Gasteiger partial charge in [-0.1, -0.05) is 24.3 Å². The van der Waals surface area contributed by atoms with Gasteiger partial charge in [0.2, 0.25) is 5.91 Å². The summed E-state index contributed by atoms with van der Waals surface area (Å²) in [6, 6.07) is 7.85. The molecule has 0 radical (unpaired) electrons. The number of hydrogen-bond donors (Lipinski definition) is 1. The van der Waals surface area contributed by atoms with Crippen LogP contribution in [0.3, 0.4) is 0 Å². The van der Waals surface area contributed by atoms with Crippen molar-refractivity contribution in [1.29, 1.82) is 0 Å². The van der Waals surface area contributed by atoms with Crippen LogP contribution in [0.15, 0.2) is 36.4 Å². The average molecular weight is 259 g/mol. The number of hydrogen-bond acceptors (Lipinski definition) is 2. The molecule has 0 spiro atoms. The summed E-state index contributed by atoms with van der Waals surface area (Å²) in [7, 11) is 0. The maximum Gasteiger partial charge on any atom is 0.220 e. The van der Waals surface area contributed by atoms with E-state index in [9.17, 15) is 4.79 Å². The maximum atomic E-state index is 11.8. The summed E-state index contributed by atoms with van der Waals surface area (Å²) in [5, 5.41) is 2.97. The molecule has 0 aromatic heterocycles. The van der Waals surface area contributed by atoms with Crippen molar-refractivity contribution in [3.05, 3.63) is 42.0 Å². The van der Waals surface area contributed by atoms with Crippen LogP contribution in [0.1, 0.15) is 31.7 Å². The van der Waals surface area contributed by atoms with E-state index in [1.165, 1.54) is 0 Å². The van der Waals surface area contributed by atoms with Crippen molar-refractivity contribution in [3.8, 4) is 5.75 Å². The van der Waals surface area contributed by atoms with Gasteiger partial charge in [-0.25, -0.2) is 0 Å². The highest BCUT2D eigenvalue weighted by molar-refractivity contribution is 5.76. The van der Waals surface area contributed by atoms with Gasteiger partial charge in [-0.2, -0.15) is 0 Å². The second-order valence-corrected chi connectivity index (χ2v) is 4.83. The lowest BCUT2D eigenvalue weighted by atomic mass is 10.1. The molecule has 0 fully saturated rings. The third-order valence-electron chi connectivity index (χ3n) is 3.26. The largest absolute Gasteiger partial charge is 0.494 e. The molecule has 1 aromatic rings. The fourth-order valence-electron chi connectivity index (χ4n) is 2.29. The van der Waals surface area contributed by atoms with Gasteiger partial charge in [-0.15, -0.1) is 0 Å². The van der Waals surface area contributed by atoms with Crippen LogP contribution < -0.4 is 10.1 Å². The first-order valence-corrected chi connectivity index (χ1v) is 6.93. The van der Waals surface area contributed by atoms with E-state index in [4.69, 9.17) is 4.74 Å². The minimum atomic E-state index is 0.123. The summed E-state index contributed by atoms with van der Waals surface area (Å²) in [5.41, 5.74) is 1.07. The lowest BCUT2D eigenvalue weighted by Crippen LogP contribution is -2.24. The van der Waals surface area contributed by atoms with Gasteiger partial charge in [0.1, 0.15) is 5.75 Å². The highest BCUT2D eigenvalue weighted by atomic mass is 16.5. The van der Waals surface area contributed by atoms with E-state index >= 15 is 0 Å². The molecule has 0 saturated heterocycles. The van der Waals surface area contributed by atoms with E-state index in [2.05, 4.69) is 17.5 Å². The van der Waals surface area contributed by atoms with Crippen LogP contribution in [-0.2, 0) is 11.3 Å². The van der Waals surface area contributed by atoms with E-state index < -0.39 is 0 Å². The van der Waals surface area contributed by atoms with Crippen LogP contribution in [0.5, 0.6) is 5.75 Å². The average Bonchev–Trinajstić information content (AvgIpc) is 2.90. The van der Waals surface area contributed by atoms with Crippen molar-refractivity contribution in [1.82, 2.24) is 5.32 Å². The second kappa shape index (κ2) is 6.98. The molecule has 2 rings (SSSR count). The van der Waals surface area contributed by atoms with Crippen LogP contribution >= 0.6 is 0 Å². The lowest BCUT2D eigenvalue weighted by Gasteiger charge is -2.10. The smallest absolute Gasteiger partial charge is 0.220 e. The maximum absolute atomic E-state index is 11.8. The molecule has 1 aliphatic carbocycles. The van der Waals surface area contributed by atoms with Gasteiger partial charge in [0, 0.05) is 13.0 Å². The summed E-state index contributed by atoms with van der Waals surface area (Å²) >= 11 is 0. The van der Waals surface area contributed by atoms with E-state index in [0.717, 1.165) is 24.2 Å². The van der Waals surface area contributed by atoms with E-state index in [1.54, 1.807) is 0 Å². The number of carbonyl (C=O) groups excluding carboxylic acids is 1. The number of amides is 1. The highest BCUT2D eigenvalue weighted by Gasteiger charge is 2.13. The Labute approximate surface area is 114 Å². The molecule has 0 unspecified atom stereocenters. The van der Waals surface area contributed by atoms with Crippen molar-refractivity contribution in [2.75, 3.05) is 6.61 Å². The van der Waals surface area contributed by atoms with Gasteiger partial charge in [0.25, 0.3) is 0 Å². The third-order valence-corrected chi connectivity index (χ3v) is 3.26. The van der Waals surface area contributed by atoms with E-state index in [-0.39, 0.29) is 5.91 Å². The van der Waals surface area contributed by atoms with Crippen molar-refractivity contribution in [2.24, 2.45) is 5.92 Å². The monoisotopic (exact) mass is 259 g/mol. The van der Waals surface area contributed by atoms with Crippen molar-refractivity contribution in [3.63, 3.8) is 0 Å². The molecule has 3 nitrogen and oxygen atoms in total. The van der Waals surface area contributed by atoms with Crippen molar-refractivity contribution >= 4 is 5.91 Å². The molecule has 1 amide bonds. The minimum absolute atomic E-state index is 0.123. The summed E-state index contributed by atoms with van der Waals surface area (Å²) in [5.74, 6) is 1.40. The molecule has 1 aromatic carbocycles. The van der Waals surface area contributed by atoms with Crippen LogP contribution in [0, 0.1) is 5.92 Å². The van der Waals surface area contributed by atoms with Crippen molar-refractivity contribution in [2.45, 2.75) is 32.7 Å². The molecule has 1 atom stereocenters. The van der Waals surface area contributed by atoms with Crippen LogP contribution in [-0.4, -0.2) is 12.5 Å². The molecule has 1 aliphatic rings. The molecular weight excluding hydrogens is 238 g/mol. The zero-order chi connectivity index (χ0) is 13.5. The molecular formula is C16H21NO2. The van der Waals surface area contributed by atoms with Crippen molar-refractivity contribution < 1.29 is 9.53 Å².